The van der Waals surface area contributed by atoms with Gasteiger partial charge >= 0.3 is 0 Å². The second kappa shape index (κ2) is 9.21. The normalized spacial score (nSPS) is 23.6. The highest BCUT2D eigenvalue weighted by molar-refractivity contribution is 5.78. The Morgan fingerprint density at radius 3 is 2.42 bits per heavy atom. The van der Waals surface area contributed by atoms with E-state index in [9.17, 15) is 22.4 Å². The molecule has 0 radical (unpaired) electrons. The Kier molecular flexibility index (Phi) is 6.21. The van der Waals surface area contributed by atoms with Crippen LogP contribution in [0.4, 0.5) is 35.1 Å². The summed E-state index contributed by atoms with van der Waals surface area (Å²) in [6.45, 7) is 1.59. The number of nitrogens with zero attached hydrogens (tertiary/aromatic N) is 4. The molecule has 3 aromatic rings. The summed E-state index contributed by atoms with van der Waals surface area (Å²) >= 11 is 0. The largest absolute Gasteiger partial charge is 0.369 e. The van der Waals surface area contributed by atoms with Crippen molar-refractivity contribution >= 4 is 34.7 Å². The predicted molar refractivity (Wildman–Crippen MR) is 126 cm³/mol. The highest BCUT2D eigenvalue weighted by atomic mass is 19.3. The van der Waals surface area contributed by atoms with Crippen molar-refractivity contribution in [3.8, 4) is 0 Å². The summed E-state index contributed by atoms with van der Waals surface area (Å²) < 4.78 is 58.3. The van der Waals surface area contributed by atoms with Crippen molar-refractivity contribution in [1.82, 2.24) is 19.5 Å². The fourth-order valence-electron chi connectivity index (χ4n) is 5.20. The molecule has 0 aliphatic heterocycles. The number of alkyl halides is 2. The number of benzene rings is 1. The molecule has 1 amide bonds. The number of rotatable bonds is 6. The number of aromatic nitrogens is 4. The van der Waals surface area contributed by atoms with Crippen LogP contribution in [0.5, 0.6) is 0 Å². The number of nitrogens with one attached hydrogen (secondary N) is 2. The van der Waals surface area contributed by atoms with Gasteiger partial charge in [0.25, 0.3) is 0 Å². The van der Waals surface area contributed by atoms with Gasteiger partial charge in [-0.15, -0.1) is 0 Å². The molecule has 0 bridgehead atoms. The number of carbonyl (C=O) groups excluding carboxylic acids is 1. The van der Waals surface area contributed by atoms with E-state index in [4.69, 9.17) is 5.73 Å². The summed E-state index contributed by atoms with van der Waals surface area (Å²) in [5.41, 5.74) is 6.35. The van der Waals surface area contributed by atoms with Crippen LogP contribution in [0.3, 0.4) is 0 Å². The quantitative estimate of drug-likeness (QED) is 0.408. The van der Waals surface area contributed by atoms with Crippen molar-refractivity contribution in [2.24, 2.45) is 11.7 Å². The van der Waals surface area contributed by atoms with E-state index in [1.165, 1.54) is 18.3 Å². The Balaban J connectivity index is 1.52. The van der Waals surface area contributed by atoms with Crippen molar-refractivity contribution in [1.29, 1.82) is 0 Å². The van der Waals surface area contributed by atoms with Crippen LogP contribution in [-0.2, 0) is 4.79 Å². The summed E-state index contributed by atoms with van der Waals surface area (Å²) in [5, 5.41) is 5.76. The zero-order valence-corrected chi connectivity index (χ0v) is 19.7. The van der Waals surface area contributed by atoms with Crippen molar-refractivity contribution in [2.75, 3.05) is 10.6 Å². The third kappa shape index (κ3) is 4.80. The van der Waals surface area contributed by atoms with Crippen LogP contribution in [0.15, 0.2) is 18.3 Å². The number of hydrogen-bond donors (Lipinski definition) is 3. The number of fused-ring (bicyclic) bond motifs is 1. The van der Waals surface area contributed by atoms with E-state index >= 15 is 0 Å². The number of anilines is 3. The van der Waals surface area contributed by atoms with Gasteiger partial charge in [0.15, 0.2) is 5.65 Å². The van der Waals surface area contributed by atoms with Gasteiger partial charge in [0.05, 0.1) is 6.20 Å². The van der Waals surface area contributed by atoms with Gasteiger partial charge in [0, 0.05) is 30.8 Å². The predicted octanol–water partition coefficient (Wildman–Crippen LogP) is 4.97. The summed E-state index contributed by atoms with van der Waals surface area (Å²) in [5.74, 6) is -4.49. The van der Waals surface area contributed by atoms with E-state index in [-0.39, 0.29) is 48.3 Å². The zero-order chi connectivity index (χ0) is 25.6. The molecular weight excluding hydrogens is 478 g/mol. The van der Waals surface area contributed by atoms with E-state index in [2.05, 4.69) is 25.6 Å². The number of carbonyl (C=O) groups is 1. The van der Waals surface area contributed by atoms with Crippen LogP contribution < -0.4 is 16.4 Å². The number of imidazole rings is 1. The molecule has 5 rings (SSSR count). The monoisotopic (exact) mass is 505 g/mol. The molecule has 36 heavy (non-hydrogen) atoms. The van der Waals surface area contributed by atoms with E-state index in [1.807, 2.05) is 0 Å². The minimum atomic E-state index is -2.72. The van der Waals surface area contributed by atoms with Crippen molar-refractivity contribution in [3.63, 3.8) is 0 Å². The smallest absolute Gasteiger partial charge is 0.250 e. The van der Waals surface area contributed by atoms with Gasteiger partial charge < -0.3 is 16.4 Å². The molecule has 0 spiro atoms. The first-order valence-corrected chi connectivity index (χ1v) is 12.0. The average Bonchev–Trinajstić information content (AvgIpc) is 3.34. The molecule has 192 valence electrons. The molecule has 2 aromatic heterocycles. The molecule has 8 nitrogen and oxygen atoms in total. The molecule has 1 atom stereocenters. The number of halogens is 4. The molecular formula is C24H27F4N7O. The van der Waals surface area contributed by atoms with Gasteiger partial charge in [-0.05, 0) is 56.7 Å². The first-order chi connectivity index (χ1) is 17.1. The van der Waals surface area contributed by atoms with E-state index in [1.54, 1.807) is 11.5 Å². The number of aryl methyl sites for hydroxylation is 1. The highest BCUT2D eigenvalue weighted by Crippen LogP contribution is 2.38. The van der Waals surface area contributed by atoms with E-state index in [0.717, 1.165) is 0 Å². The van der Waals surface area contributed by atoms with Crippen LogP contribution in [-0.4, -0.2) is 37.4 Å². The van der Waals surface area contributed by atoms with Gasteiger partial charge in [-0.2, -0.15) is 4.98 Å². The lowest BCUT2D eigenvalue weighted by molar-refractivity contribution is -0.122. The maximum absolute atomic E-state index is 14.6. The molecule has 2 heterocycles. The third-order valence-corrected chi connectivity index (χ3v) is 7.06. The first kappa shape index (κ1) is 24.3. The number of hydrogen-bond acceptors (Lipinski definition) is 6. The maximum Gasteiger partial charge on any atom is 0.250 e. The molecule has 12 heteroatoms. The van der Waals surface area contributed by atoms with Crippen molar-refractivity contribution in [2.45, 2.75) is 69.9 Å². The topological polar surface area (TPSA) is 111 Å². The lowest BCUT2D eigenvalue weighted by Gasteiger charge is -2.29. The van der Waals surface area contributed by atoms with E-state index in [0.29, 0.717) is 48.8 Å². The Hall–Kier alpha value is -3.44. The molecule has 4 N–H and O–H groups in total. The molecule has 2 fully saturated rings. The van der Waals surface area contributed by atoms with Crippen molar-refractivity contribution in [3.05, 3.63) is 35.5 Å². The lowest BCUT2D eigenvalue weighted by atomic mass is 9.85. The lowest BCUT2D eigenvalue weighted by Crippen LogP contribution is -2.29. The van der Waals surface area contributed by atoms with Crippen LogP contribution in [0, 0.1) is 24.5 Å². The second-order valence-electron chi connectivity index (χ2n) is 9.78. The Bertz CT molecular complexity index is 1280. The second-order valence-corrected chi connectivity index (χ2v) is 9.78. The van der Waals surface area contributed by atoms with Crippen LogP contribution in [0.1, 0.15) is 56.6 Å². The van der Waals surface area contributed by atoms with Crippen molar-refractivity contribution < 1.29 is 22.4 Å². The highest BCUT2D eigenvalue weighted by Gasteiger charge is 2.39. The summed E-state index contributed by atoms with van der Waals surface area (Å²) in [6, 6.07) is 1.79. The van der Waals surface area contributed by atoms with Gasteiger partial charge in [0.2, 0.25) is 23.7 Å². The molecule has 2 saturated carbocycles. The first-order valence-electron chi connectivity index (χ1n) is 12.0. The molecule has 2 aliphatic carbocycles. The minimum absolute atomic E-state index is 0.174. The van der Waals surface area contributed by atoms with Crippen LogP contribution in [0.2, 0.25) is 0 Å². The maximum atomic E-state index is 14.6. The average molecular weight is 506 g/mol. The molecule has 0 saturated heterocycles. The number of primary amides is 1. The van der Waals surface area contributed by atoms with Crippen LogP contribution in [0.25, 0.3) is 11.2 Å². The van der Waals surface area contributed by atoms with Gasteiger partial charge in [-0.1, -0.05) is 0 Å². The standard InChI is InChI=1S/C24H27F4N7O/c1-12-8-16(25)19(17(26)9-12)33-23-32-18-11-30-22(31-14-6-7-24(27,28)10-14)34-21(18)35(23)15-4-2-13(3-5-15)20(29)36/h8-9,11,13-15H,2-7,10H2,1H3,(H2,29,36)(H,32,33)(H,30,31,34)/t13?,14-,15?/m1/s1. The fraction of sp³-hybridized carbons (Fsp3) is 0.500. The van der Waals surface area contributed by atoms with Gasteiger partial charge in [-0.3, -0.25) is 9.36 Å². The Labute approximate surface area is 204 Å². The summed E-state index contributed by atoms with van der Waals surface area (Å²) in [7, 11) is 0. The fourth-order valence-corrected chi connectivity index (χ4v) is 5.20. The zero-order valence-electron chi connectivity index (χ0n) is 19.7. The minimum Gasteiger partial charge on any atom is -0.369 e. The molecule has 2 aliphatic rings. The SMILES string of the molecule is Cc1cc(F)c(Nc2nc3cnc(N[C@@H]4CCC(F)(F)C4)nc3n2C2CCC(C(N)=O)CC2)c(F)c1. The third-order valence-electron chi connectivity index (χ3n) is 7.06. The Morgan fingerprint density at radius 2 is 1.81 bits per heavy atom. The molecule has 1 aromatic carbocycles. The summed E-state index contributed by atoms with van der Waals surface area (Å²) in [6.07, 6.45) is 3.51. The Morgan fingerprint density at radius 1 is 1.11 bits per heavy atom. The van der Waals surface area contributed by atoms with Gasteiger partial charge in [0.1, 0.15) is 22.8 Å². The number of nitrogens with two attached hydrogens (primary N) is 1. The van der Waals surface area contributed by atoms with Gasteiger partial charge in [-0.25, -0.2) is 27.5 Å². The van der Waals surface area contributed by atoms with E-state index < -0.39 is 23.6 Å². The van der Waals surface area contributed by atoms with Crippen LogP contribution >= 0.6 is 0 Å². The molecule has 0 unspecified atom stereocenters. The summed E-state index contributed by atoms with van der Waals surface area (Å²) in [4.78, 5) is 24.9. The number of amides is 1.